The van der Waals surface area contributed by atoms with Crippen molar-refractivity contribution < 1.29 is 13.6 Å². The molecule has 0 fully saturated rings. The molecule has 1 aromatic heterocycles. The zero-order valence-electron chi connectivity index (χ0n) is 10.5. The smallest absolute Gasteiger partial charge is 0.215 e. The number of hydrogen-bond donors (Lipinski definition) is 0. The molecule has 0 amide bonds. The molecule has 0 unspecified atom stereocenters. The van der Waals surface area contributed by atoms with E-state index in [9.17, 15) is 13.6 Å². The molecule has 0 aliphatic rings. The summed E-state index contributed by atoms with van der Waals surface area (Å²) >= 11 is 8.67. The molecule has 0 N–H and O–H groups in total. The highest BCUT2D eigenvalue weighted by Gasteiger charge is 2.23. The van der Waals surface area contributed by atoms with Crippen LogP contribution < -0.4 is 0 Å². The van der Waals surface area contributed by atoms with Crippen LogP contribution in [0, 0.1) is 11.6 Å². The maximum atomic E-state index is 13.8. The van der Waals surface area contributed by atoms with Crippen LogP contribution >= 0.6 is 27.5 Å². The molecule has 2 rings (SSSR count). The lowest BCUT2D eigenvalue weighted by molar-refractivity contribution is 0.102. The molecule has 0 atom stereocenters. The van der Waals surface area contributed by atoms with Crippen LogP contribution in [0.2, 0.25) is 5.02 Å². The third-order valence-corrected chi connectivity index (χ3v) is 3.57. The minimum Gasteiger partial charge on any atom is -0.287 e. The van der Waals surface area contributed by atoms with E-state index < -0.39 is 17.4 Å². The van der Waals surface area contributed by atoms with Crippen LogP contribution in [0.15, 0.2) is 22.8 Å². The van der Waals surface area contributed by atoms with E-state index in [1.807, 2.05) is 6.92 Å². The average molecular weight is 364 g/mol. The van der Waals surface area contributed by atoms with Crippen LogP contribution in [-0.2, 0) is 6.54 Å². The lowest BCUT2D eigenvalue weighted by atomic mass is 10.1. The molecule has 106 valence electrons. The number of aryl methyl sites for hydroxylation is 1. The molecule has 20 heavy (non-hydrogen) atoms. The fourth-order valence-electron chi connectivity index (χ4n) is 1.79. The first-order chi connectivity index (χ1) is 9.45. The van der Waals surface area contributed by atoms with E-state index in [1.165, 1.54) is 10.9 Å². The first-order valence-corrected chi connectivity index (χ1v) is 7.03. The van der Waals surface area contributed by atoms with Crippen molar-refractivity contribution in [1.29, 1.82) is 0 Å². The molecule has 0 aliphatic carbocycles. The van der Waals surface area contributed by atoms with E-state index >= 15 is 0 Å². The van der Waals surface area contributed by atoms with Crippen LogP contribution in [0.25, 0.3) is 0 Å². The van der Waals surface area contributed by atoms with Gasteiger partial charge in [0.15, 0.2) is 0 Å². The summed E-state index contributed by atoms with van der Waals surface area (Å²) in [5.41, 5.74) is -0.182. The van der Waals surface area contributed by atoms with Gasteiger partial charge in [0.25, 0.3) is 0 Å². The minimum absolute atomic E-state index is 0.187. The Morgan fingerprint density at radius 2 is 2.10 bits per heavy atom. The second-order valence-electron chi connectivity index (χ2n) is 4.14. The maximum absolute atomic E-state index is 13.8. The van der Waals surface area contributed by atoms with Gasteiger partial charge in [-0.05, 0) is 34.5 Å². The lowest BCUT2D eigenvalue weighted by Crippen LogP contribution is -2.13. The maximum Gasteiger partial charge on any atom is 0.215 e. The van der Waals surface area contributed by atoms with E-state index in [4.69, 9.17) is 11.6 Å². The highest BCUT2D eigenvalue weighted by molar-refractivity contribution is 9.10. The summed E-state index contributed by atoms with van der Waals surface area (Å²) in [5.74, 6) is -2.34. The fraction of sp³-hybridized carbons (Fsp3) is 0.231. The van der Waals surface area contributed by atoms with Crippen molar-refractivity contribution in [2.24, 2.45) is 0 Å². The van der Waals surface area contributed by atoms with Crippen LogP contribution in [0.4, 0.5) is 8.78 Å². The van der Waals surface area contributed by atoms with Crippen molar-refractivity contribution in [3.05, 3.63) is 50.7 Å². The topological polar surface area (TPSA) is 34.9 Å². The average Bonchev–Trinajstić information content (AvgIpc) is 2.75. The van der Waals surface area contributed by atoms with E-state index in [0.717, 1.165) is 18.6 Å². The Kier molecular flexibility index (Phi) is 4.55. The zero-order chi connectivity index (χ0) is 14.9. The number of carbonyl (C=O) groups excluding carboxylic acids is 1. The van der Waals surface area contributed by atoms with Crippen molar-refractivity contribution in [3.8, 4) is 0 Å². The van der Waals surface area contributed by atoms with Gasteiger partial charge < -0.3 is 0 Å². The Morgan fingerprint density at radius 1 is 1.40 bits per heavy atom. The number of halogens is 4. The second-order valence-corrected chi connectivity index (χ2v) is 5.40. The minimum atomic E-state index is -0.863. The quantitative estimate of drug-likeness (QED) is 0.602. The molecule has 0 spiro atoms. The molecule has 3 nitrogen and oxygen atoms in total. The van der Waals surface area contributed by atoms with Gasteiger partial charge in [0.05, 0.1) is 21.3 Å². The molecular weight excluding hydrogens is 354 g/mol. The van der Waals surface area contributed by atoms with E-state index in [1.54, 1.807) is 0 Å². The molecule has 0 bridgehead atoms. The number of carbonyl (C=O) groups is 1. The van der Waals surface area contributed by atoms with Gasteiger partial charge in [0.1, 0.15) is 17.3 Å². The Morgan fingerprint density at radius 3 is 2.75 bits per heavy atom. The van der Waals surface area contributed by atoms with Gasteiger partial charge in [-0.25, -0.2) is 8.78 Å². The molecule has 1 aromatic carbocycles. The Hall–Kier alpha value is -1.27. The fourth-order valence-corrected chi connectivity index (χ4v) is 2.42. The Bertz CT molecular complexity index is 673. The summed E-state index contributed by atoms with van der Waals surface area (Å²) in [6.45, 7) is 2.43. The number of benzene rings is 1. The predicted molar refractivity (Wildman–Crippen MR) is 75.0 cm³/mol. The van der Waals surface area contributed by atoms with Gasteiger partial charge in [-0.2, -0.15) is 5.10 Å². The van der Waals surface area contributed by atoms with Crippen molar-refractivity contribution in [1.82, 2.24) is 9.78 Å². The Labute approximate surface area is 127 Å². The third-order valence-electron chi connectivity index (χ3n) is 2.70. The second kappa shape index (κ2) is 6.01. The van der Waals surface area contributed by atoms with Crippen molar-refractivity contribution >= 4 is 33.3 Å². The molecular formula is C13H10BrClF2N2O. The van der Waals surface area contributed by atoms with Crippen LogP contribution in [0.5, 0.6) is 0 Å². The molecule has 2 aromatic rings. The number of rotatable bonds is 4. The SMILES string of the molecule is CCCn1ncc(Br)c1C(=O)c1cc(F)c(Cl)cc1F. The van der Waals surface area contributed by atoms with Crippen LogP contribution in [0.1, 0.15) is 29.4 Å². The molecule has 0 radical (unpaired) electrons. The third kappa shape index (κ3) is 2.76. The first kappa shape index (κ1) is 15.1. The number of nitrogens with zero attached hydrogens (tertiary/aromatic N) is 2. The van der Waals surface area contributed by atoms with Gasteiger partial charge in [-0.15, -0.1) is 0 Å². The summed E-state index contributed by atoms with van der Waals surface area (Å²) in [6, 6.07) is 1.59. The van der Waals surface area contributed by atoms with Gasteiger partial charge in [0, 0.05) is 6.54 Å². The standard InChI is InChI=1S/C13H10BrClF2N2O/c1-2-3-19-12(8(14)6-18-19)13(20)7-4-11(17)9(15)5-10(7)16/h4-6H,2-3H2,1H3. The summed E-state index contributed by atoms with van der Waals surface area (Å²) in [7, 11) is 0. The summed E-state index contributed by atoms with van der Waals surface area (Å²) in [4.78, 5) is 12.4. The normalized spacial score (nSPS) is 10.8. The lowest BCUT2D eigenvalue weighted by Gasteiger charge is -2.07. The number of hydrogen-bond acceptors (Lipinski definition) is 2. The van der Waals surface area contributed by atoms with Crippen molar-refractivity contribution in [2.45, 2.75) is 19.9 Å². The molecule has 0 saturated carbocycles. The van der Waals surface area contributed by atoms with Crippen molar-refractivity contribution in [2.75, 3.05) is 0 Å². The van der Waals surface area contributed by atoms with Gasteiger partial charge in [-0.1, -0.05) is 18.5 Å². The predicted octanol–water partition coefficient (Wildman–Crippen LogP) is 4.22. The van der Waals surface area contributed by atoms with Gasteiger partial charge >= 0.3 is 0 Å². The van der Waals surface area contributed by atoms with Crippen LogP contribution in [-0.4, -0.2) is 15.6 Å². The molecule has 1 heterocycles. The van der Waals surface area contributed by atoms with E-state index in [-0.39, 0.29) is 16.3 Å². The summed E-state index contributed by atoms with van der Waals surface area (Å²) in [5, 5.41) is 3.67. The Balaban J connectivity index is 2.52. The number of ketones is 1. The van der Waals surface area contributed by atoms with E-state index in [2.05, 4.69) is 21.0 Å². The summed E-state index contributed by atoms with van der Waals surface area (Å²) in [6.07, 6.45) is 2.21. The largest absolute Gasteiger partial charge is 0.287 e. The van der Waals surface area contributed by atoms with Gasteiger partial charge in [-0.3, -0.25) is 9.48 Å². The van der Waals surface area contributed by atoms with Gasteiger partial charge in [0.2, 0.25) is 5.78 Å². The summed E-state index contributed by atoms with van der Waals surface area (Å²) < 4.78 is 29.1. The molecule has 0 aliphatic heterocycles. The van der Waals surface area contributed by atoms with E-state index in [0.29, 0.717) is 11.0 Å². The highest BCUT2D eigenvalue weighted by Crippen LogP contribution is 2.25. The zero-order valence-corrected chi connectivity index (χ0v) is 12.8. The monoisotopic (exact) mass is 362 g/mol. The van der Waals surface area contributed by atoms with Crippen molar-refractivity contribution in [3.63, 3.8) is 0 Å². The highest BCUT2D eigenvalue weighted by atomic mass is 79.9. The number of aromatic nitrogens is 2. The molecule has 0 saturated heterocycles. The first-order valence-electron chi connectivity index (χ1n) is 5.86. The molecule has 7 heteroatoms. The van der Waals surface area contributed by atoms with Crippen LogP contribution in [0.3, 0.4) is 0 Å².